The topological polar surface area (TPSA) is 81.4 Å². The molecule has 0 heterocycles. The molecule has 0 radical (unpaired) electrons. The third kappa shape index (κ3) is 4.74. The van der Waals surface area contributed by atoms with Crippen molar-refractivity contribution in [2.24, 2.45) is 5.92 Å². The monoisotopic (exact) mass is 298 g/mol. The van der Waals surface area contributed by atoms with Crippen LogP contribution >= 0.6 is 11.6 Å². The lowest BCUT2D eigenvalue weighted by Crippen LogP contribution is -2.42. The van der Waals surface area contributed by atoms with Crippen LogP contribution in [-0.2, 0) is 9.53 Å². The Morgan fingerprint density at radius 3 is 2.50 bits per heavy atom. The zero-order valence-electron chi connectivity index (χ0n) is 11.8. The highest BCUT2D eigenvalue weighted by Crippen LogP contribution is 2.17. The lowest BCUT2D eigenvalue weighted by Gasteiger charge is -2.18. The quantitative estimate of drug-likeness (QED) is 0.645. The summed E-state index contributed by atoms with van der Waals surface area (Å²) in [6.07, 6.45) is 0.495. The van der Waals surface area contributed by atoms with E-state index in [2.05, 4.69) is 5.32 Å². The fourth-order valence-corrected chi connectivity index (χ4v) is 2.06. The molecule has 0 saturated heterocycles. The van der Waals surface area contributed by atoms with Crippen LogP contribution in [0.1, 0.15) is 30.6 Å². The molecule has 1 unspecified atom stereocenters. The Labute approximate surface area is 123 Å². The van der Waals surface area contributed by atoms with E-state index in [1.165, 1.54) is 19.2 Å². The van der Waals surface area contributed by atoms with Gasteiger partial charge in [-0.05, 0) is 30.5 Å². The molecule has 6 heteroatoms. The maximum Gasteiger partial charge on any atom is 0.328 e. The molecule has 1 aromatic carbocycles. The minimum atomic E-state index is -0.687. The molecule has 0 fully saturated rings. The van der Waals surface area contributed by atoms with Crippen LogP contribution in [0.5, 0.6) is 0 Å². The van der Waals surface area contributed by atoms with E-state index < -0.39 is 17.9 Å². The molecular weight excluding hydrogens is 280 g/mol. The first-order valence-electron chi connectivity index (χ1n) is 6.28. The van der Waals surface area contributed by atoms with Crippen molar-refractivity contribution in [3.8, 4) is 0 Å². The van der Waals surface area contributed by atoms with Gasteiger partial charge in [-0.25, -0.2) is 4.79 Å². The number of amides is 1. The standard InChI is InChI=1S/C14H19ClN2O3/c1-8(2)4-12(14(19)20-3)17-13(18)9-5-10(15)7-11(16)6-9/h5-8,12H,4,16H2,1-3H3,(H,17,18). The van der Waals surface area contributed by atoms with E-state index in [1.54, 1.807) is 6.07 Å². The molecule has 1 rings (SSSR count). The van der Waals surface area contributed by atoms with Gasteiger partial charge in [-0.1, -0.05) is 25.4 Å². The lowest BCUT2D eigenvalue weighted by atomic mass is 10.0. The van der Waals surface area contributed by atoms with Gasteiger partial charge in [-0.15, -0.1) is 0 Å². The summed E-state index contributed by atoms with van der Waals surface area (Å²) in [6.45, 7) is 3.92. The number of nitrogens with one attached hydrogen (secondary N) is 1. The number of anilines is 1. The Balaban J connectivity index is 2.87. The molecule has 3 N–H and O–H groups in total. The summed E-state index contributed by atoms with van der Waals surface area (Å²) in [5.74, 6) is -0.638. The number of halogens is 1. The van der Waals surface area contributed by atoms with E-state index in [0.29, 0.717) is 22.7 Å². The summed E-state index contributed by atoms with van der Waals surface area (Å²) in [5.41, 5.74) is 6.34. The third-order valence-corrected chi connectivity index (χ3v) is 2.90. The number of esters is 1. The maximum atomic E-state index is 12.1. The predicted molar refractivity (Wildman–Crippen MR) is 78.6 cm³/mol. The third-order valence-electron chi connectivity index (χ3n) is 2.68. The van der Waals surface area contributed by atoms with Crippen molar-refractivity contribution in [3.05, 3.63) is 28.8 Å². The summed E-state index contributed by atoms with van der Waals surface area (Å²) in [4.78, 5) is 23.8. The molecule has 0 spiro atoms. The molecule has 20 heavy (non-hydrogen) atoms. The van der Waals surface area contributed by atoms with Gasteiger partial charge in [-0.2, -0.15) is 0 Å². The number of ether oxygens (including phenoxy) is 1. The zero-order chi connectivity index (χ0) is 15.3. The van der Waals surface area contributed by atoms with Gasteiger partial charge in [0.1, 0.15) is 6.04 Å². The molecule has 0 aliphatic carbocycles. The van der Waals surface area contributed by atoms with Crippen LogP contribution in [0, 0.1) is 5.92 Å². The largest absolute Gasteiger partial charge is 0.467 e. The highest BCUT2D eigenvalue weighted by atomic mass is 35.5. The van der Waals surface area contributed by atoms with Gasteiger partial charge in [-0.3, -0.25) is 4.79 Å². The van der Waals surface area contributed by atoms with Crippen molar-refractivity contribution >= 4 is 29.2 Å². The first-order valence-corrected chi connectivity index (χ1v) is 6.66. The summed E-state index contributed by atoms with van der Waals surface area (Å²) < 4.78 is 4.69. The van der Waals surface area contributed by atoms with Crippen LogP contribution in [0.25, 0.3) is 0 Å². The zero-order valence-corrected chi connectivity index (χ0v) is 12.5. The number of nitrogens with two attached hydrogens (primary N) is 1. The highest BCUT2D eigenvalue weighted by Gasteiger charge is 2.23. The summed E-state index contributed by atoms with van der Waals surface area (Å²) in [5, 5.41) is 3.01. The molecule has 0 aliphatic rings. The van der Waals surface area contributed by atoms with Crippen molar-refractivity contribution in [1.82, 2.24) is 5.32 Å². The molecular formula is C14H19ClN2O3. The number of hydrogen-bond acceptors (Lipinski definition) is 4. The second-order valence-electron chi connectivity index (χ2n) is 4.95. The Kier molecular flexibility index (Phi) is 5.82. The van der Waals surface area contributed by atoms with Crippen LogP contribution in [-0.4, -0.2) is 25.0 Å². The van der Waals surface area contributed by atoms with E-state index >= 15 is 0 Å². The van der Waals surface area contributed by atoms with Crippen LogP contribution < -0.4 is 11.1 Å². The van der Waals surface area contributed by atoms with E-state index in [-0.39, 0.29) is 5.92 Å². The maximum absolute atomic E-state index is 12.1. The van der Waals surface area contributed by atoms with Gasteiger partial charge in [0.15, 0.2) is 0 Å². The molecule has 0 bridgehead atoms. The Hall–Kier alpha value is -1.75. The molecule has 0 aromatic heterocycles. The fraction of sp³-hybridized carbons (Fsp3) is 0.429. The molecule has 1 amide bonds. The van der Waals surface area contributed by atoms with E-state index in [1.807, 2.05) is 13.8 Å². The molecule has 110 valence electrons. The first-order chi connectivity index (χ1) is 9.33. The van der Waals surface area contributed by atoms with Crippen LogP contribution in [0.2, 0.25) is 5.02 Å². The summed E-state index contributed by atoms with van der Waals surface area (Å²) in [7, 11) is 1.29. The molecule has 1 aromatic rings. The average Bonchev–Trinajstić information content (AvgIpc) is 2.35. The van der Waals surface area contributed by atoms with Crippen LogP contribution in [0.15, 0.2) is 18.2 Å². The van der Waals surface area contributed by atoms with Gasteiger partial charge < -0.3 is 15.8 Å². The van der Waals surface area contributed by atoms with Crippen molar-refractivity contribution in [1.29, 1.82) is 0 Å². The predicted octanol–water partition coefficient (Wildman–Crippen LogP) is 2.24. The smallest absolute Gasteiger partial charge is 0.328 e. The van der Waals surface area contributed by atoms with Crippen molar-refractivity contribution < 1.29 is 14.3 Å². The Bertz CT molecular complexity index is 483. The second-order valence-corrected chi connectivity index (χ2v) is 5.39. The van der Waals surface area contributed by atoms with Gasteiger partial charge in [0, 0.05) is 16.3 Å². The highest BCUT2D eigenvalue weighted by molar-refractivity contribution is 6.31. The number of carbonyl (C=O) groups excluding carboxylic acids is 2. The van der Waals surface area contributed by atoms with Crippen molar-refractivity contribution in [2.75, 3.05) is 12.8 Å². The molecule has 0 aliphatic heterocycles. The van der Waals surface area contributed by atoms with Crippen LogP contribution in [0.4, 0.5) is 5.69 Å². The van der Waals surface area contributed by atoms with E-state index in [4.69, 9.17) is 22.1 Å². The van der Waals surface area contributed by atoms with E-state index in [9.17, 15) is 9.59 Å². The number of hydrogen-bond donors (Lipinski definition) is 2. The minimum absolute atomic E-state index is 0.240. The average molecular weight is 299 g/mol. The summed E-state index contributed by atoms with van der Waals surface area (Å²) in [6, 6.07) is 3.86. The van der Waals surface area contributed by atoms with E-state index in [0.717, 1.165) is 0 Å². The SMILES string of the molecule is COC(=O)C(CC(C)C)NC(=O)c1cc(N)cc(Cl)c1. The normalized spacial score (nSPS) is 12.1. The molecule has 5 nitrogen and oxygen atoms in total. The van der Waals surface area contributed by atoms with Gasteiger partial charge >= 0.3 is 5.97 Å². The van der Waals surface area contributed by atoms with Crippen molar-refractivity contribution in [2.45, 2.75) is 26.3 Å². The number of rotatable bonds is 5. The van der Waals surface area contributed by atoms with Crippen LogP contribution in [0.3, 0.4) is 0 Å². The number of carbonyl (C=O) groups is 2. The number of benzene rings is 1. The lowest BCUT2D eigenvalue weighted by molar-refractivity contribution is -0.143. The Morgan fingerprint density at radius 2 is 2.00 bits per heavy atom. The minimum Gasteiger partial charge on any atom is -0.467 e. The Morgan fingerprint density at radius 1 is 1.35 bits per heavy atom. The van der Waals surface area contributed by atoms with Gasteiger partial charge in [0.2, 0.25) is 0 Å². The molecule has 0 saturated carbocycles. The van der Waals surface area contributed by atoms with Crippen molar-refractivity contribution in [3.63, 3.8) is 0 Å². The summed E-state index contributed by atoms with van der Waals surface area (Å²) >= 11 is 5.85. The van der Waals surface area contributed by atoms with Gasteiger partial charge in [0.25, 0.3) is 5.91 Å². The number of methoxy groups -OCH3 is 1. The first kappa shape index (κ1) is 16.3. The van der Waals surface area contributed by atoms with Gasteiger partial charge in [0.05, 0.1) is 7.11 Å². The molecule has 1 atom stereocenters. The fourth-order valence-electron chi connectivity index (χ4n) is 1.81. The number of nitrogen functional groups attached to an aromatic ring is 1. The second kappa shape index (κ2) is 7.14.